The smallest absolute Gasteiger partial charge is 0.235 e. The number of hydrogen-bond donors (Lipinski definition) is 1. The van der Waals surface area contributed by atoms with Crippen LogP contribution in [0.4, 0.5) is 16.0 Å². The summed E-state index contributed by atoms with van der Waals surface area (Å²) >= 11 is 0. The average molecular weight is 342 g/mol. The fraction of sp³-hybridized carbons (Fsp3) is 0.389. The van der Waals surface area contributed by atoms with Gasteiger partial charge in [-0.05, 0) is 30.5 Å². The molecule has 0 bridgehead atoms. The van der Waals surface area contributed by atoms with Crippen LogP contribution in [0.5, 0.6) is 0 Å². The largest absolute Gasteiger partial charge is 0.378 e. The average Bonchev–Trinajstić information content (AvgIpc) is 3.46. The lowest BCUT2D eigenvalue weighted by Gasteiger charge is -2.26. The normalized spacial score (nSPS) is 18.7. The van der Waals surface area contributed by atoms with Crippen LogP contribution in [-0.2, 0) is 14.9 Å². The molecule has 2 aliphatic rings. The molecule has 0 spiro atoms. The molecule has 1 saturated carbocycles. The van der Waals surface area contributed by atoms with E-state index in [9.17, 15) is 9.18 Å². The van der Waals surface area contributed by atoms with Gasteiger partial charge >= 0.3 is 0 Å². The minimum Gasteiger partial charge on any atom is -0.378 e. The number of rotatable bonds is 4. The number of amides is 1. The Morgan fingerprint density at radius 2 is 1.76 bits per heavy atom. The van der Waals surface area contributed by atoms with Crippen LogP contribution in [0.3, 0.4) is 0 Å². The van der Waals surface area contributed by atoms with Crippen LogP contribution in [0, 0.1) is 5.82 Å². The highest BCUT2D eigenvalue weighted by atomic mass is 19.1. The van der Waals surface area contributed by atoms with Crippen molar-refractivity contribution >= 4 is 17.5 Å². The van der Waals surface area contributed by atoms with Gasteiger partial charge in [0.1, 0.15) is 5.82 Å². The number of nitrogens with zero attached hydrogens (tertiary/aromatic N) is 3. The zero-order valence-corrected chi connectivity index (χ0v) is 13.7. The monoisotopic (exact) mass is 342 g/mol. The summed E-state index contributed by atoms with van der Waals surface area (Å²) in [6, 6.07) is 6.14. The first kappa shape index (κ1) is 16.0. The van der Waals surface area contributed by atoms with Crippen LogP contribution in [0.25, 0.3) is 0 Å². The molecule has 1 saturated heterocycles. The van der Waals surface area contributed by atoms with Crippen molar-refractivity contribution in [3.63, 3.8) is 0 Å². The maximum Gasteiger partial charge on any atom is 0.235 e. The highest BCUT2D eigenvalue weighted by Crippen LogP contribution is 2.49. The summed E-state index contributed by atoms with van der Waals surface area (Å²) in [5.41, 5.74) is 0.851. The number of aromatic nitrogens is 2. The van der Waals surface area contributed by atoms with Gasteiger partial charge in [0, 0.05) is 13.1 Å². The number of halogens is 1. The Bertz CT molecular complexity index is 754. The molecule has 0 atom stereocenters. The van der Waals surface area contributed by atoms with Crippen molar-refractivity contribution in [3.05, 3.63) is 48.0 Å². The van der Waals surface area contributed by atoms with Gasteiger partial charge in [-0.1, -0.05) is 12.1 Å². The molecular formula is C18H19FN4O2. The highest BCUT2D eigenvalue weighted by Gasteiger charge is 2.51. The molecule has 0 unspecified atom stereocenters. The summed E-state index contributed by atoms with van der Waals surface area (Å²) in [4.78, 5) is 23.4. The quantitative estimate of drug-likeness (QED) is 0.922. The van der Waals surface area contributed by atoms with Gasteiger partial charge in [0.15, 0.2) is 0 Å². The van der Waals surface area contributed by atoms with Gasteiger partial charge in [0.25, 0.3) is 0 Å². The Morgan fingerprint density at radius 1 is 1.12 bits per heavy atom. The molecule has 2 aromatic rings. The van der Waals surface area contributed by atoms with E-state index in [1.807, 2.05) is 0 Å². The standard InChI is InChI=1S/C18H19FN4O2/c19-14-3-1-13(2-4-14)18(5-6-18)16(24)22-15-11-20-17(21-12-15)23-7-9-25-10-8-23/h1-4,11-12H,5-10H2,(H,22,24). The van der Waals surface area contributed by atoms with Crippen molar-refractivity contribution in [2.45, 2.75) is 18.3 Å². The summed E-state index contributed by atoms with van der Waals surface area (Å²) in [5, 5.41) is 2.89. The maximum absolute atomic E-state index is 13.1. The number of nitrogens with one attached hydrogen (secondary N) is 1. The fourth-order valence-corrected chi connectivity index (χ4v) is 3.10. The lowest BCUT2D eigenvalue weighted by molar-refractivity contribution is -0.118. The molecule has 130 valence electrons. The Kier molecular flexibility index (Phi) is 4.09. The highest BCUT2D eigenvalue weighted by molar-refractivity contribution is 6.01. The molecular weight excluding hydrogens is 323 g/mol. The summed E-state index contributed by atoms with van der Waals surface area (Å²) in [6.07, 6.45) is 4.77. The zero-order valence-electron chi connectivity index (χ0n) is 13.7. The van der Waals surface area contributed by atoms with Gasteiger partial charge in [0.2, 0.25) is 11.9 Å². The second-order valence-corrected chi connectivity index (χ2v) is 6.41. The second kappa shape index (κ2) is 6.40. The third-order valence-electron chi connectivity index (χ3n) is 4.77. The van der Waals surface area contributed by atoms with Gasteiger partial charge in [0.05, 0.1) is 36.7 Å². The molecule has 2 fully saturated rings. The predicted molar refractivity (Wildman–Crippen MR) is 91.0 cm³/mol. The van der Waals surface area contributed by atoms with Crippen molar-refractivity contribution < 1.29 is 13.9 Å². The molecule has 1 N–H and O–H groups in total. The maximum atomic E-state index is 13.1. The third kappa shape index (κ3) is 3.19. The third-order valence-corrected chi connectivity index (χ3v) is 4.77. The van der Waals surface area contributed by atoms with Gasteiger partial charge < -0.3 is 15.0 Å². The molecule has 25 heavy (non-hydrogen) atoms. The number of carbonyl (C=O) groups excluding carboxylic acids is 1. The minimum atomic E-state index is -0.559. The van der Waals surface area contributed by atoms with E-state index in [0.717, 1.165) is 31.5 Å². The van der Waals surface area contributed by atoms with E-state index in [2.05, 4.69) is 20.2 Å². The first-order valence-corrected chi connectivity index (χ1v) is 8.40. The number of carbonyl (C=O) groups is 1. The summed E-state index contributed by atoms with van der Waals surface area (Å²) in [5.74, 6) is 0.245. The number of hydrogen-bond acceptors (Lipinski definition) is 5. The van der Waals surface area contributed by atoms with Crippen LogP contribution < -0.4 is 10.2 Å². The number of benzene rings is 1. The van der Waals surface area contributed by atoms with E-state index >= 15 is 0 Å². The number of morpholine rings is 1. The van der Waals surface area contributed by atoms with Gasteiger partial charge in [-0.15, -0.1) is 0 Å². The van der Waals surface area contributed by atoms with Crippen LogP contribution >= 0.6 is 0 Å². The van der Waals surface area contributed by atoms with Crippen LogP contribution in [0.1, 0.15) is 18.4 Å². The van der Waals surface area contributed by atoms with Crippen molar-refractivity contribution in [1.82, 2.24) is 9.97 Å². The molecule has 1 aromatic carbocycles. The van der Waals surface area contributed by atoms with E-state index in [1.165, 1.54) is 12.1 Å². The SMILES string of the molecule is O=C(Nc1cnc(N2CCOCC2)nc1)C1(c2ccc(F)cc2)CC1. The first-order valence-electron chi connectivity index (χ1n) is 8.40. The topological polar surface area (TPSA) is 67.4 Å². The lowest BCUT2D eigenvalue weighted by atomic mass is 9.95. The Balaban J connectivity index is 1.44. The van der Waals surface area contributed by atoms with Gasteiger partial charge in [-0.2, -0.15) is 0 Å². The Labute approximate surface area is 145 Å². The molecule has 6 nitrogen and oxygen atoms in total. The summed E-state index contributed by atoms with van der Waals surface area (Å²) in [7, 11) is 0. The van der Waals surface area contributed by atoms with Crippen LogP contribution in [0.15, 0.2) is 36.7 Å². The van der Waals surface area contributed by atoms with E-state index in [4.69, 9.17) is 4.74 Å². The van der Waals surface area contributed by atoms with Crippen LogP contribution in [-0.4, -0.2) is 42.2 Å². The molecule has 7 heteroatoms. The first-order chi connectivity index (χ1) is 12.2. The number of ether oxygens (including phenoxy) is 1. The van der Waals surface area contributed by atoms with Crippen molar-refractivity contribution in [2.24, 2.45) is 0 Å². The minimum absolute atomic E-state index is 0.0955. The van der Waals surface area contributed by atoms with Crippen molar-refractivity contribution in [3.8, 4) is 0 Å². The van der Waals surface area contributed by atoms with E-state index < -0.39 is 5.41 Å². The molecule has 2 heterocycles. The summed E-state index contributed by atoms with van der Waals surface area (Å²) < 4.78 is 18.4. The second-order valence-electron chi connectivity index (χ2n) is 6.41. The Hall–Kier alpha value is -2.54. The van der Waals surface area contributed by atoms with Crippen molar-refractivity contribution in [1.29, 1.82) is 0 Å². The Morgan fingerprint density at radius 3 is 2.36 bits per heavy atom. The molecule has 1 aliphatic heterocycles. The predicted octanol–water partition coefficient (Wildman–Crippen LogP) is 2.12. The molecule has 1 aliphatic carbocycles. The van der Waals surface area contributed by atoms with Gasteiger partial charge in [-0.25, -0.2) is 14.4 Å². The molecule has 1 aromatic heterocycles. The molecule has 1 amide bonds. The van der Waals surface area contributed by atoms with E-state index in [0.29, 0.717) is 24.8 Å². The van der Waals surface area contributed by atoms with E-state index in [1.54, 1.807) is 24.5 Å². The molecule has 0 radical (unpaired) electrons. The summed E-state index contributed by atoms with van der Waals surface area (Å²) in [6.45, 7) is 2.86. The van der Waals surface area contributed by atoms with E-state index in [-0.39, 0.29) is 11.7 Å². The van der Waals surface area contributed by atoms with Crippen LogP contribution in [0.2, 0.25) is 0 Å². The number of anilines is 2. The van der Waals surface area contributed by atoms with Crippen molar-refractivity contribution in [2.75, 3.05) is 36.5 Å². The zero-order chi connectivity index (χ0) is 17.3. The van der Waals surface area contributed by atoms with Gasteiger partial charge in [-0.3, -0.25) is 4.79 Å². The molecule has 4 rings (SSSR count). The fourth-order valence-electron chi connectivity index (χ4n) is 3.10. The lowest BCUT2D eigenvalue weighted by Crippen LogP contribution is -2.37.